The molecule has 6 atom stereocenters. The van der Waals surface area contributed by atoms with Gasteiger partial charge in [-0.15, -0.1) is 0 Å². The van der Waals surface area contributed by atoms with Crippen LogP contribution in [0.5, 0.6) is 0 Å². The minimum atomic E-state index is -0.299. The fourth-order valence-corrected chi connectivity index (χ4v) is 3.43. The summed E-state index contributed by atoms with van der Waals surface area (Å²) in [5.74, 6) is -0.299. The molecule has 1 rings (SSSR count). The van der Waals surface area contributed by atoms with Crippen LogP contribution in [0.2, 0.25) is 0 Å². The molecule has 156 valence electrons. The van der Waals surface area contributed by atoms with Gasteiger partial charge in [0.2, 0.25) is 0 Å². The number of rotatable bonds is 12. The van der Waals surface area contributed by atoms with E-state index in [1.807, 2.05) is 54.7 Å². The van der Waals surface area contributed by atoms with Crippen LogP contribution >= 0.6 is 26.9 Å². The lowest BCUT2D eigenvalue weighted by molar-refractivity contribution is -0.141. The lowest BCUT2D eigenvalue weighted by atomic mass is 9.81. The zero-order valence-corrected chi connectivity index (χ0v) is 19.8. The Morgan fingerprint density at radius 2 is 2.14 bits per heavy atom. The molecule has 4 unspecified atom stereocenters. The molecule has 1 heterocycles. The van der Waals surface area contributed by atoms with E-state index < -0.39 is 0 Å². The molecule has 0 fully saturated rings. The summed E-state index contributed by atoms with van der Waals surface area (Å²) < 4.78 is 15.9. The molecule has 0 saturated carbocycles. The number of ether oxygens (including phenoxy) is 1. The molecule has 0 radical (unpaired) electrons. The van der Waals surface area contributed by atoms with E-state index >= 15 is 0 Å². The van der Waals surface area contributed by atoms with E-state index in [4.69, 9.17) is 19.5 Å². The third-order valence-electron chi connectivity index (χ3n) is 4.28. The second-order valence-corrected chi connectivity index (χ2v) is 8.45. The lowest BCUT2D eigenvalue weighted by Gasteiger charge is -2.31. The van der Waals surface area contributed by atoms with E-state index in [2.05, 4.69) is 32.2 Å². The Bertz CT molecular complexity index is 615. The molecule has 0 aromatic carbocycles. The van der Waals surface area contributed by atoms with Gasteiger partial charge in [0.05, 0.1) is 12.7 Å². The average molecular weight is 443 g/mol. The van der Waals surface area contributed by atoms with Crippen molar-refractivity contribution < 1.29 is 18.6 Å². The Morgan fingerprint density at radius 3 is 2.82 bits per heavy atom. The quantitative estimate of drug-likeness (QED) is 0.210. The summed E-state index contributed by atoms with van der Waals surface area (Å²) in [6, 6.07) is -0.113. The van der Waals surface area contributed by atoms with Crippen molar-refractivity contribution in [3.63, 3.8) is 0 Å². The van der Waals surface area contributed by atoms with Crippen molar-refractivity contribution in [3.8, 4) is 0 Å². The van der Waals surface area contributed by atoms with Crippen molar-refractivity contribution in [2.45, 2.75) is 44.9 Å². The Labute approximate surface area is 175 Å². The van der Waals surface area contributed by atoms with E-state index in [1.165, 1.54) is 6.08 Å². The number of hydrogen-bond acceptors (Lipinski definition) is 5. The maximum Gasteiger partial charge on any atom is 0.331 e. The van der Waals surface area contributed by atoms with Gasteiger partial charge < -0.3 is 19.5 Å². The Kier molecular flexibility index (Phi) is 13.0. The summed E-state index contributed by atoms with van der Waals surface area (Å²) in [6.45, 7) is 4.72. The van der Waals surface area contributed by atoms with Gasteiger partial charge in [-0.25, -0.2) is 4.79 Å². The standard InChI is InChI=1S/C20H32NO4P3/c1-20(2,13-12-16-10-8-11-19(22)24-16)18(21)15-17(25-28-27)9-6-4-3-5-7-14-23-26/h3-9,11-13,16-18,28H,10,14-15,21,26-27H2,1-2H3/b4-3-,7-5+,9-6-,13-12+/t16-,17+,18?/m1/s1. The summed E-state index contributed by atoms with van der Waals surface area (Å²) >= 11 is 0. The molecule has 0 aromatic heterocycles. The van der Waals surface area contributed by atoms with Crippen LogP contribution in [-0.2, 0) is 18.6 Å². The smallest absolute Gasteiger partial charge is 0.331 e. The maximum absolute atomic E-state index is 11.3. The van der Waals surface area contributed by atoms with Crippen LogP contribution in [0.15, 0.2) is 60.8 Å². The highest BCUT2D eigenvalue weighted by Gasteiger charge is 2.26. The predicted octanol–water partition coefficient (Wildman–Crippen LogP) is 4.40. The molecular formula is C20H32NO4P3. The Hall–Kier alpha value is -0.660. The highest BCUT2D eigenvalue weighted by molar-refractivity contribution is 8.00. The Balaban J connectivity index is 2.61. The van der Waals surface area contributed by atoms with E-state index in [0.717, 1.165) is 0 Å². The van der Waals surface area contributed by atoms with E-state index in [0.29, 0.717) is 27.9 Å². The molecule has 5 nitrogen and oxygen atoms in total. The van der Waals surface area contributed by atoms with E-state index in [-0.39, 0.29) is 29.6 Å². The van der Waals surface area contributed by atoms with Crippen LogP contribution in [0.4, 0.5) is 0 Å². The number of esters is 1. The molecule has 0 spiro atoms. The van der Waals surface area contributed by atoms with Gasteiger partial charge in [-0.05, 0) is 17.9 Å². The molecule has 8 heteroatoms. The first-order valence-corrected chi connectivity index (χ1v) is 12.3. The monoisotopic (exact) mass is 443 g/mol. The number of carbonyl (C=O) groups excluding carboxylic acids is 1. The number of carbonyl (C=O) groups is 1. The molecule has 0 amide bonds. The predicted molar refractivity (Wildman–Crippen MR) is 125 cm³/mol. The second kappa shape index (κ2) is 14.3. The van der Waals surface area contributed by atoms with Crippen molar-refractivity contribution in [3.05, 3.63) is 60.8 Å². The molecule has 0 saturated heterocycles. The van der Waals surface area contributed by atoms with Crippen molar-refractivity contribution in [1.29, 1.82) is 0 Å². The minimum Gasteiger partial charge on any atom is -0.455 e. The summed E-state index contributed by atoms with van der Waals surface area (Å²) in [4.78, 5) is 11.3. The largest absolute Gasteiger partial charge is 0.455 e. The molecule has 1 aliphatic rings. The number of cyclic esters (lactones) is 1. The topological polar surface area (TPSA) is 70.8 Å². The molecule has 2 N–H and O–H groups in total. The Morgan fingerprint density at radius 1 is 1.39 bits per heavy atom. The summed E-state index contributed by atoms with van der Waals surface area (Å²) in [5, 5.41) is 0. The molecule has 0 aromatic rings. The normalized spacial score (nSPS) is 21.0. The van der Waals surface area contributed by atoms with Gasteiger partial charge in [0.25, 0.3) is 0 Å². The zero-order chi connectivity index (χ0) is 20.8. The molecule has 0 bridgehead atoms. The van der Waals surface area contributed by atoms with Gasteiger partial charge in [-0.1, -0.05) is 71.4 Å². The van der Waals surface area contributed by atoms with Crippen LogP contribution in [0, 0.1) is 5.41 Å². The maximum atomic E-state index is 11.3. The van der Waals surface area contributed by atoms with Crippen molar-refractivity contribution in [1.82, 2.24) is 0 Å². The number of hydrogen-bond donors (Lipinski definition) is 1. The third-order valence-corrected chi connectivity index (χ3v) is 5.32. The molecule has 28 heavy (non-hydrogen) atoms. The van der Waals surface area contributed by atoms with Gasteiger partial charge in [-0.3, -0.25) is 0 Å². The average Bonchev–Trinajstić information content (AvgIpc) is 2.66. The zero-order valence-electron chi connectivity index (χ0n) is 16.5. The van der Waals surface area contributed by atoms with Crippen LogP contribution < -0.4 is 5.73 Å². The summed E-state index contributed by atoms with van der Waals surface area (Å²) in [6.07, 6.45) is 20.0. The third kappa shape index (κ3) is 10.8. The summed E-state index contributed by atoms with van der Waals surface area (Å²) in [5.41, 5.74) is 6.22. The van der Waals surface area contributed by atoms with Crippen LogP contribution in [-0.4, -0.2) is 30.8 Å². The van der Waals surface area contributed by atoms with E-state index in [1.54, 1.807) is 0 Å². The highest BCUT2D eigenvalue weighted by Crippen LogP contribution is 2.30. The summed E-state index contributed by atoms with van der Waals surface area (Å²) in [7, 11) is 5.12. The van der Waals surface area contributed by atoms with Gasteiger partial charge in [0.15, 0.2) is 0 Å². The van der Waals surface area contributed by atoms with Crippen LogP contribution in [0.3, 0.4) is 0 Å². The van der Waals surface area contributed by atoms with Crippen LogP contribution in [0.25, 0.3) is 0 Å². The number of nitrogens with two attached hydrogens (primary N) is 1. The van der Waals surface area contributed by atoms with Gasteiger partial charge in [-0.2, -0.15) is 0 Å². The first-order valence-electron chi connectivity index (χ1n) is 9.14. The molecular weight excluding hydrogens is 411 g/mol. The van der Waals surface area contributed by atoms with E-state index in [9.17, 15) is 4.79 Å². The molecule has 0 aliphatic carbocycles. The fraction of sp³-hybridized carbons (Fsp3) is 0.450. The molecule has 1 aliphatic heterocycles. The SMILES string of the molecule is CC(C)(/C=C/[C@H]1CC=CC(=O)O1)C(N)C[C@H](\C=C/C=C\C=C\COP)OPP. The van der Waals surface area contributed by atoms with Crippen molar-refractivity contribution in [2.24, 2.45) is 11.1 Å². The van der Waals surface area contributed by atoms with Gasteiger partial charge in [0, 0.05) is 36.5 Å². The minimum absolute atomic E-state index is 0.0713. The van der Waals surface area contributed by atoms with Crippen molar-refractivity contribution in [2.75, 3.05) is 6.61 Å². The first-order chi connectivity index (χ1) is 13.4. The van der Waals surface area contributed by atoms with Crippen molar-refractivity contribution >= 4 is 32.9 Å². The second-order valence-electron chi connectivity index (χ2n) is 6.94. The van der Waals surface area contributed by atoms with Gasteiger partial charge >= 0.3 is 5.97 Å². The number of allylic oxidation sites excluding steroid dienone is 4. The highest BCUT2D eigenvalue weighted by atomic mass is 32.0. The van der Waals surface area contributed by atoms with Crippen LogP contribution in [0.1, 0.15) is 26.7 Å². The first kappa shape index (κ1) is 25.4. The van der Waals surface area contributed by atoms with Gasteiger partial charge in [0.1, 0.15) is 6.10 Å². The fourth-order valence-electron chi connectivity index (χ4n) is 2.45. The lowest BCUT2D eigenvalue weighted by Crippen LogP contribution is -2.39.